The van der Waals surface area contributed by atoms with Gasteiger partial charge < -0.3 is 14.8 Å². The fourth-order valence-electron chi connectivity index (χ4n) is 3.67. The summed E-state index contributed by atoms with van der Waals surface area (Å²) in [7, 11) is 1.80. The molecule has 0 atom stereocenters. The van der Waals surface area contributed by atoms with E-state index in [0.717, 1.165) is 28.2 Å². The van der Waals surface area contributed by atoms with Crippen molar-refractivity contribution in [1.29, 1.82) is 0 Å². The molecule has 0 aliphatic carbocycles. The number of ether oxygens (including phenoxy) is 2. The van der Waals surface area contributed by atoms with Gasteiger partial charge in [-0.05, 0) is 64.6 Å². The van der Waals surface area contributed by atoms with Crippen molar-refractivity contribution < 1.29 is 23.0 Å². The fourth-order valence-corrected chi connectivity index (χ4v) is 3.67. The number of aryl methyl sites for hydroxylation is 2. The molecule has 0 radical (unpaired) electrons. The lowest BCUT2D eigenvalue weighted by atomic mass is 10.2. The molecule has 182 valence electrons. The number of anilines is 1. The molecule has 0 aliphatic rings. The second-order valence-electron chi connectivity index (χ2n) is 8.11. The van der Waals surface area contributed by atoms with E-state index in [1.165, 1.54) is 6.07 Å². The number of rotatable bonds is 10. The number of carbonyl (C=O) groups excluding carboxylic acids is 1. The topological polar surface area (TPSA) is 68.6 Å². The number of benzene rings is 2. The third-order valence-corrected chi connectivity index (χ3v) is 5.22. The first-order chi connectivity index (χ1) is 16.2. The summed E-state index contributed by atoms with van der Waals surface area (Å²) >= 11 is 0. The molecule has 0 saturated heterocycles. The summed E-state index contributed by atoms with van der Waals surface area (Å²) in [5.74, 6) is 0.0466. The van der Waals surface area contributed by atoms with Gasteiger partial charge in [0.05, 0.1) is 35.9 Å². The molecule has 1 aromatic heterocycles. The van der Waals surface area contributed by atoms with Crippen molar-refractivity contribution in [3.05, 3.63) is 65.0 Å². The number of hydrogen-bond donors (Lipinski definition) is 1. The van der Waals surface area contributed by atoms with Crippen LogP contribution in [0.25, 0.3) is 5.69 Å². The molecule has 0 fully saturated rings. The molecule has 0 spiro atoms. The van der Waals surface area contributed by atoms with E-state index in [0.29, 0.717) is 18.8 Å². The van der Waals surface area contributed by atoms with Crippen molar-refractivity contribution in [3.63, 3.8) is 0 Å². The smallest absolute Gasteiger partial charge is 0.387 e. The zero-order chi connectivity index (χ0) is 24.8. The first-order valence-corrected chi connectivity index (χ1v) is 11.0. The third kappa shape index (κ3) is 6.32. The molecule has 1 heterocycles. The molecule has 9 heteroatoms. The van der Waals surface area contributed by atoms with Crippen molar-refractivity contribution >= 4 is 11.6 Å². The third-order valence-electron chi connectivity index (χ3n) is 5.22. The SMILES string of the molecule is CCOc1cc(CN(C)CC(=O)Nc2c(C)nn(-c3ccc(C)cc3)c2C)ccc1OC(F)F. The molecule has 0 unspecified atom stereocenters. The Morgan fingerprint density at radius 3 is 2.47 bits per heavy atom. The molecule has 34 heavy (non-hydrogen) atoms. The number of likely N-dealkylation sites (N-methyl/N-ethyl adjacent to an activating group) is 1. The fraction of sp³-hybridized carbons (Fsp3) is 0.360. The van der Waals surface area contributed by atoms with Crippen LogP contribution in [0.5, 0.6) is 11.5 Å². The molecule has 3 rings (SSSR count). The maximum Gasteiger partial charge on any atom is 0.387 e. The lowest BCUT2D eigenvalue weighted by Gasteiger charge is -2.18. The van der Waals surface area contributed by atoms with Gasteiger partial charge in [0, 0.05) is 6.54 Å². The molecule has 0 bridgehead atoms. The number of halogens is 2. The summed E-state index contributed by atoms with van der Waals surface area (Å²) in [6.45, 7) is 5.50. The van der Waals surface area contributed by atoms with Gasteiger partial charge in [-0.3, -0.25) is 9.69 Å². The molecule has 0 aliphatic heterocycles. The second-order valence-corrected chi connectivity index (χ2v) is 8.11. The largest absolute Gasteiger partial charge is 0.490 e. The van der Waals surface area contributed by atoms with Gasteiger partial charge in [0.2, 0.25) is 5.91 Å². The van der Waals surface area contributed by atoms with Crippen molar-refractivity contribution in [3.8, 4) is 17.2 Å². The van der Waals surface area contributed by atoms with Crippen LogP contribution in [-0.4, -0.2) is 47.4 Å². The minimum Gasteiger partial charge on any atom is -0.490 e. The Morgan fingerprint density at radius 1 is 1.12 bits per heavy atom. The maximum atomic E-state index is 12.7. The van der Waals surface area contributed by atoms with Gasteiger partial charge in [0.15, 0.2) is 11.5 Å². The van der Waals surface area contributed by atoms with Crippen LogP contribution >= 0.6 is 0 Å². The number of nitrogens with zero attached hydrogens (tertiary/aromatic N) is 3. The van der Waals surface area contributed by atoms with E-state index in [4.69, 9.17) is 4.74 Å². The van der Waals surface area contributed by atoms with Gasteiger partial charge in [-0.1, -0.05) is 23.8 Å². The molecule has 1 N–H and O–H groups in total. The molecule has 1 amide bonds. The monoisotopic (exact) mass is 472 g/mol. The normalized spacial score (nSPS) is 11.2. The standard InChI is InChI=1S/C25H30F2N4O3/c1-6-33-22-13-19(9-12-21(22)34-25(26)27)14-30(5)15-23(32)28-24-17(3)29-31(18(24)4)20-10-7-16(2)8-11-20/h7-13,25H,6,14-15H2,1-5H3,(H,28,32). The van der Waals surface area contributed by atoms with E-state index >= 15 is 0 Å². The summed E-state index contributed by atoms with van der Waals surface area (Å²) in [5, 5.41) is 7.54. The predicted molar refractivity (Wildman–Crippen MR) is 127 cm³/mol. The lowest BCUT2D eigenvalue weighted by molar-refractivity contribution is -0.117. The number of amides is 1. The molecule has 2 aromatic carbocycles. The van der Waals surface area contributed by atoms with Crippen LogP contribution in [0.2, 0.25) is 0 Å². The Morgan fingerprint density at radius 2 is 1.82 bits per heavy atom. The highest BCUT2D eigenvalue weighted by Gasteiger charge is 2.17. The number of carbonyl (C=O) groups is 1. The second kappa shape index (κ2) is 11.1. The number of aromatic nitrogens is 2. The average Bonchev–Trinajstić information content (AvgIpc) is 3.04. The minimum absolute atomic E-state index is 0.0162. The molecule has 7 nitrogen and oxygen atoms in total. The molecule has 0 saturated carbocycles. The zero-order valence-electron chi connectivity index (χ0n) is 20.1. The van der Waals surface area contributed by atoms with Crippen LogP contribution in [0.4, 0.5) is 14.5 Å². The Balaban J connectivity index is 1.65. The summed E-state index contributed by atoms with van der Waals surface area (Å²) in [4.78, 5) is 14.6. The van der Waals surface area contributed by atoms with Gasteiger partial charge in [-0.2, -0.15) is 13.9 Å². The Kier molecular flexibility index (Phi) is 8.22. The van der Waals surface area contributed by atoms with Crippen LogP contribution in [0.1, 0.15) is 29.4 Å². The van der Waals surface area contributed by atoms with Gasteiger partial charge in [-0.15, -0.1) is 0 Å². The van der Waals surface area contributed by atoms with E-state index in [-0.39, 0.29) is 24.0 Å². The van der Waals surface area contributed by atoms with Crippen LogP contribution in [0, 0.1) is 20.8 Å². The number of nitrogens with one attached hydrogen (secondary N) is 1. The maximum absolute atomic E-state index is 12.7. The molecule has 3 aromatic rings. The average molecular weight is 473 g/mol. The van der Waals surface area contributed by atoms with Crippen LogP contribution in [0.3, 0.4) is 0 Å². The number of alkyl halides is 2. The minimum atomic E-state index is -2.93. The highest BCUT2D eigenvalue weighted by atomic mass is 19.3. The lowest BCUT2D eigenvalue weighted by Crippen LogP contribution is -2.30. The van der Waals surface area contributed by atoms with Crippen LogP contribution in [-0.2, 0) is 11.3 Å². The van der Waals surface area contributed by atoms with Crippen LogP contribution in [0.15, 0.2) is 42.5 Å². The zero-order valence-corrected chi connectivity index (χ0v) is 20.1. The van der Waals surface area contributed by atoms with E-state index in [9.17, 15) is 13.6 Å². The van der Waals surface area contributed by atoms with Crippen molar-refractivity contribution in [2.75, 3.05) is 25.5 Å². The van der Waals surface area contributed by atoms with Crippen LogP contribution < -0.4 is 14.8 Å². The summed E-state index contributed by atoms with van der Waals surface area (Å²) < 4.78 is 37.0. The predicted octanol–water partition coefficient (Wildman–Crippen LogP) is 4.87. The summed E-state index contributed by atoms with van der Waals surface area (Å²) in [6, 6.07) is 12.8. The quantitative estimate of drug-likeness (QED) is 0.456. The highest BCUT2D eigenvalue weighted by Crippen LogP contribution is 2.30. The highest BCUT2D eigenvalue weighted by molar-refractivity contribution is 5.93. The van der Waals surface area contributed by atoms with Gasteiger partial charge >= 0.3 is 6.61 Å². The van der Waals surface area contributed by atoms with E-state index in [1.807, 2.05) is 54.6 Å². The van der Waals surface area contributed by atoms with E-state index in [1.54, 1.807) is 26.1 Å². The van der Waals surface area contributed by atoms with E-state index < -0.39 is 6.61 Å². The van der Waals surface area contributed by atoms with Gasteiger partial charge in [0.25, 0.3) is 0 Å². The van der Waals surface area contributed by atoms with Gasteiger partial charge in [0.1, 0.15) is 0 Å². The van der Waals surface area contributed by atoms with Gasteiger partial charge in [-0.25, -0.2) is 4.68 Å². The summed E-state index contributed by atoms with van der Waals surface area (Å²) in [6.07, 6.45) is 0. The molecular weight excluding hydrogens is 442 g/mol. The Bertz CT molecular complexity index is 1130. The first-order valence-electron chi connectivity index (χ1n) is 11.0. The molecular formula is C25H30F2N4O3. The number of hydrogen-bond acceptors (Lipinski definition) is 5. The Labute approximate surface area is 198 Å². The summed E-state index contributed by atoms with van der Waals surface area (Å²) in [5.41, 5.74) is 5.14. The van der Waals surface area contributed by atoms with E-state index in [2.05, 4.69) is 15.2 Å². The van der Waals surface area contributed by atoms with Crippen molar-refractivity contribution in [1.82, 2.24) is 14.7 Å². The first kappa shape index (κ1) is 25.2. The van der Waals surface area contributed by atoms with Crippen molar-refractivity contribution in [2.45, 2.75) is 40.9 Å². The Hall–Kier alpha value is -3.46. The van der Waals surface area contributed by atoms with Crippen molar-refractivity contribution in [2.24, 2.45) is 0 Å².